The second kappa shape index (κ2) is 7.54. The maximum atomic E-state index is 12.3. The number of hydrogen-bond donors (Lipinski definition) is 3. The van der Waals surface area contributed by atoms with Crippen molar-refractivity contribution in [3.05, 3.63) is 52.4 Å². The van der Waals surface area contributed by atoms with Gasteiger partial charge in [-0.15, -0.1) is 0 Å². The minimum atomic E-state index is -1.67. The van der Waals surface area contributed by atoms with Gasteiger partial charge in [0.1, 0.15) is 0 Å². The molecule has 1 heterocycles. The predicted molar refractivity (Wildman–Crippen MR) is 91.6 cm³/mol. The molecule has 0 aromatic heterocycles. The molecule has 7 nitrogen and oxygen atoms in total. The van der Waals surface area contributed by atoms with Gasteiger partial charge in [-0.25, -0.2) is 9.59 Å². The van der Waals surface area contributed by atoms with Crippen molar-refractivity contribution in [2.45, 2.75) is 19.8 Å². The lowest BCUT2D eigenvalue weighted by Gasteiger charge is -2.30. The smallest absolute Gasteiger partial charge is 0.466 e. The van der Waals surface area contributed by atoms with E-state index in [2.05, 4.69) is 5.32 Å². The first-order valence-corrected chi connectivity index (χ1v) is 7.63. The molecule has 0 fully saturated rings. The van der Waals surface area contributed by atoms with Crippen molar-refractivity contribution >= 4 is 24.5 Å². The quantitative estimate of drug-likeness (QED) is 0.519. The van der Waals surface area contributed by atoms with Crippen LogP contribution in [-0.4, -0.2) is 43.3 Å². The molecule has 0 amide bonds. The Hall–Kier alpha value is -2.58. The zero-order valence-corrected chi connectivity index (χ0v) is 14.5. The molecule has 2 rings (SSSR count). The first kappa shape index (κ1) is 18.8. The lowest BCUT2D eigenvalue weighted by Crippen LogP contribution is -2.34. The van der Waals surface area contributed by atoms with Gasteiger partial charge in [-0.2, -0.15) is 0 Å². The number of rotatable bonds is 4. The van der Waals surface area contributed by atoms with Crippen molar-refractivity contribution in [2.75, 3.05) is 14.2 Å². The van der Waals surface area contributed by atoms with Gasteiger partial charge in [0.15, 0.2) is 0 Å². The van der Waals surface area contributed by atoms with Gasteiger partial charge >= 0.3 is 19.1 Å². The highest BCUT2D eigenvalue weighted by Crippen LogP contribution is 2.38. The van der Waals surface area contributed by atoms with Crippen LogP contribution in [0.25, 0.3) is 0 Å². The van der Waals surface area contributed by atoms with Crippen molar-refractivity contribution in [3.63, 3.8) is 0 Å². The van der Waals surface area contributed by atoms with Crippen LogP contribution in [-0.2, 0) is 19.1 Å². The van der Waals surface area contributed by atoms with E-state index in [0.29, 0.717) is 17.0 Å². The standard InChI is InChI=1S/C17H20BNO6/c1-9-13(16(20)24-3)15(14(10(2)19-9)17(21)25-4)11-6-5-7-12(8-11)18(22)23/h5-8,15,19,22-23H,1-4H3. The molecule has 0 atom stereocenters. The normalized spacial score (nSPS) is 15.0. The molecular weight excluding hydrogens is 325 g/mol. The predicted octanol–water partition coefficient (Wildman–Crippen LogP) is -0.0528. The summed E-state index contributed by atoms with van der Waals surface area (Å²) in [7, 11) is 0.854. The highest BCUT2D eigenvalue weighted by Gasteiger charge is 2.37. The molecule has 1 aliphatic rings. The van der Waals surface area contributed by atoms with E-state index in [1.807, 2.05) is 0 Å². The van der Waals surface area contributed by atoms with Crippen LogP contribution in [0.2, 0.25) is 0 Å². The molecule has 0 bridgehead atoms. The molecule has 132 valence electrons. The van der Waals surface area contributed by atoms with Crippen molar-refractivity contribution < 1.29 is 29.1 Å². The van der Waals surface area contributed by atoms with Crippen LogP contribution in [0.1, 0.15) is 25.3 Å². The van der Waals surface area contributed by atoms with Crippen molar-refractivity contribution in [2.24, 2.45) is 0 Å². The largest absolute Gasteiger partial charge is 0.488 e. The van der Waals surface area contributed by atoms with Crippen LogP contribution in [0.4, 0.5) is 0 Å². The Morgan fingerprint density at radius 1 is 1.04 bits per heavy atom. The van der Waals surface area contributed by atoms with Crippen molar-refractivity contribution in [1.82, 2.24) is 5.32 Å². The van der Waals surface area contributed by atoms with Crippen LogP contribution < -0.4 is 10.8 Å². The number of carbonyl (C=O) groups is 2. The van der Waals surface area contributed by atoms with Crippen LogP contribution in [0.5, 0.6) is 0 Å². The topological polar surface area (TPSA) is 105 Å². The van der Waals surface area contributed by atoms with E-state index in [1.165, 1.54) is 26.4 Å². The van der Waals surface area contributed by atoms with E-state index >= 15 is 0 Å². The number of ether oxygens (including phenoxy) is 2. The van der Waals surface area contributed by atoms with Gasteiger partial charge in [-0.3, -0.25) is 0 Å². The molecule has 1 aromatic rings. The summed E-state index contributed by atoms with van der Waals surface area (Å²) in [6.07, 6.45) is 0. The van der Waals surface area contributed by atoms with Crippen molar-refractivity contribution in [3.8, 4) is 0 Å². The van der Waals surface area contributed by atoms with E-state index in [1.54, 1.807) is 26.0 Å². The molecule has 8 heteroatoms. The lowest BCUT2D eigenvalue weighted by atomic mass is 9.75. The molecule has 0 saturated heterocycles. The third kappa shape index (κ3) is 3.59. The summed E-state index contributed by atoms with van der Waals surface area (Å²) in [6, 6.07) is 6.40. The maximum Gasteiger partial charge on any atom is 0.488 e. The van der Waals surface area contributed by atoms with Crippen LogP contribution in [0.15, 0.2) is 46.8 Å². The summed E-state index contributed by atoms with van der Waals surface area (Å²) in [5, 5.41) is 21.9. The van der Waals surface area contributed by atoms with Gasteiger partial charge in [-0.05, 0) is 24.9 Å². The van der Waals surface area contributed by atoms with Gasteiger partial charge in [0, 0.05) is 11.4 Å². The molecule has 3 N–H and O–H groups in total. The fourth-order valence-corrected chi connectivity index (χ4v) is 2.99. The van der Waals surface area contributed by atoms with E-state index in [0.717, 1.165) is 0 Å². The molecule has 1 aliphatic heterocycles. The molecule has 0 radical (unpaired) electrons. The van der Waals surface area contributed by atoms with Crippen LogP contribution in [0.3, 0.4) is 0 Å². The second-order valence-corrected chi connectivity index (χ2v) is 5.66. The monoisotopic (exact) mass is 345 g/mol. The molecule has 25 heavy (non-hydrogen) atoms. The van der Waals surface area contributed by atoms with E-state index in [4.69, 9.17) is 9.47 Å². The molecule has 0 saturated carbocycles. The third-order valence-electron chi connectivity index (χ3n) is 4.11. The first-order valence-electron chi connectivity index (χ1n) is 7.63. The number of allylic oxidation sites excluding steroid dienone is 2. The van der Waals surface area contributed by atoms with Crippen LogP contribution in [0, 0.1) is 0 Å². The minimum absolute atomic E-state index is 0.250. The van der Waals surface area contributed by atoms with Gasteiger partial charge in [0.25, 0.3) is 0 Å². The highest BCUT2D eigenvalue weighted by molar-refractivity contribution is 6.58. The average Bonchev–Trinajstić information content (AvgIpc) is 2.59. The van der Waals surface area contributed by atoms with Gasteiger partial charge in [0.2, 0.25) is 0 Å². The van der Waals surface area contributed by atoms with Gasteiger partial charge in [0.05, 0.1) is 31.3 Å². The Morgan fingerprint density at radius 3 is 2.00 bits per heavy atom. The maximum absolute atomic E-state index is 12.3. The Balaban J connectivity index is 2.70. The number of hydrogen-bond acceptors (Lipinski definition) is 7. The van der Waals surface area contributed by atoms with Gasteiger partial charge in [-0.1, -0.05) is 24.3 Å². The number of methoxy groups -OCH3 is 2. The first-order chi connectivity index (χ1) is 11.8. The Bertz CT molecular complexity index is 730. The summed E-state index contributed by atoms with van der Waals surface area (Å²) in [5.41, 5.74) is 2.43. The summed E-state index contributed by atoms with van der Waals surface area (Å²) >= 11 is 0. The fraction of sp³-hybridized carbons (Fsp3) is 0.294. The minimum Gasteiger partial charge on any atom is -0.466 e. The molecule has 1 aromatic carbocycles. The SMILES string of the molecule is COC(=O)C1=C(C)NC(C)=C(C(=O)OC)C1c1cccc(B(O)O)c1. The summed E-state index contributed by atoms with van der Waals surface area (Å²) in [4.78, 5) is 24.7. The number of carbonyl (C=O) groups excluding carboxylic acids is 2. The molecule has 0 aliphatic carbocycles. The number of nitrogens with one attached hydrogen (secondary N) is 1. The molecule has 0 unspecified atom stereocenters. The summed E-state index contributed by atoms with van der Waals surface area (Å²) in [5.74, 6) is -1.92. The second-order valence-electron chi connectivity index (χ2n) is 5.66. The zero-order valence-electron chi connectivity index (χ0n) is 14.5. The summed E-state index contributed by atoms with van der Waals surface area (Å²) < 4.78 is 9.75. The third-order valence-corrected chi connectivity index (χ3v) is 4.11. The van der Waals surface area contributed by atoms with Crippen molar-refractivity contribution in [1.29, 1.82) is 0 Å². The number of dihydropyridines is 1. The molecule has 0 spiro atoms. The summed E-state index contributed by atoms with van der Waals surface area (Å²) in [6.45, 7) is 3.42. The highest BCUT2D eigenvalue weighted by atomic mass is 16.5. The van der Waals surface area contributed by atoms with E-state index in [-0.39, 0.29) is 16.6 Å². The lowest BCUT2D eigenvalue weighted by molar-refractivity contribution is -0.137. The van der Waals surface area contributed by atoms with Gasteiger partial charge < -0.3 is 24.8 Å². The Morgan fingerprint density at radius 2 is 1.56 bits per heavy atom. The average molecular weight is 345 g/mol. The van der Waals surface area contributed by atoms with E-state index < -0.39 is 25.0 Å². The zero-order chi connectivity index (χ0) is 18.7. The Kier molecular flexibility index (Phi) is 5.66. The Labute approximate surface area is 146 Å². The number of esters is 2. The van der Waals surface area contributed by atoms with E-state index in [9.17, 15) is 19.6 Å². The van der Waals surface area contributed by atoms with Crippen LogP contribution >= 0.6 is 0 Å². The molecular formula is C17H20BNO6. The number of benzene rings is 1. The fourth-order valence-electron chi connectivity index (χ4n) is 2.99.